The molecule has 0 bridgehead atoms. The molecule has 0 aliphatic carbocycles. The predicted octanol–water partition coefficient (Wildman–Crippen LogP) is 2.05. The number of anilines is 1. The van der Waals surface area contributed by atoms with E-state index < -0.39 is 11.6 Å². The number of nitrogens with one attached hydrogen (secondary N) is 1. The van der Waals surface area contributed by atoms with E-state index in [1.165, 1.54) is 6.07 Å². The summed E-state index contributed by atoms with van der Waals surface area (Å²) in [5.74, 6) is -1.03. The third kappa shape index (κ3) is 3.80. The van der Waals surface area contributed by atoms with Gasteiger partial charge in [-0.15, -0.1) is 0 Å². The van der Waals surface area contributed by atoms with Gasteiger partial charge in [0.2, 0.25) is 0 Å². The van der Waals surface area contributed by atoms with E-state index in [1.807, 2.05) is 10.9 Å². The third-order valence-corrected chi connectivity index (χ3v) is 5.29. The summed E-state index contributed by atoms with van der Waals surface area (Å²) in [6, 6.07) is 5.49. The Balaban J connectivity index is 1.38. The Bertz CT molecular complexity index is 810. The van der Waals surface area contributed by atoms with Crippen LogP contribution in [0.1, 0.15) is 29.4 Å². The highest BCUT2D eigenvalue weighted by molar-refractivity contribution is 5.92. The maximum Gasteiger partial charge on any atom is 0.274 e. The van der Waals surface area contributed by atoms with Crippen LogP contribution in [0.15, 0.2) is 30.5 Å². The van der Waals surface area contributed by atoms with Crippen molar-refractivity contribution in [3.63, 3.8) is 0 Å². The van der Waals surface area contributed by atoms with Crippen LogP contribution in [0.3, 0.4) is 0 Å². The number of carbonyl (C=O) groups excluding carboxylic acids is 1. The number of amides is 1. The van der Waals surface area contributed by atoms with E-state index >= 15 is 0 Å². The summed E-state index contributed by atoms with van der Waals surface area (Å²) >= 11 is 0. The molecule has 1 aromatic carbocycles. The second-order valence-electron chi connectivity index (χ2n) is 7.06. The number of halogens is 2. The largest absolute Gasteiger partial charge is 0.366 e. The molecule has 1 atom stereocenters. The highest BCUT2D eigenvalue weighted by atomic mass is 19.1. The predicted molar refractivity (Wildman–Crippen MR) is 97.8 cm³/mol. The van der Waals surface area contributed by atoms with Crippen LogP contribution in [-0.2, 0) is 0 Å². The Morgan fingerprint density at radius 1 is 1.15 bits per heavy atom. The molecule has 1 N–H and O–H groups in total. The Morgan fingerprint density at radius 2 is 1.96 bits per heavy atom. The summed E-state index contributed by atoms with van der Waals surface area (Å²) in [4.78, 5) is 16.2. The lowest BCUT2D eigenvalue weighted by Gasteiger charge is -2.36. The van der Waals surface area contributed by atoms with Gasteiger partial charge in [-0.25, -0.2) is 8.78 Å². The van der Waals surface area contributed by atoms with Crippen LogP contribution >= 0.6 is 0 Å². The first-order valence-corrected chi connectivity index (χ1v) is 9.37. The van der Waals surface area contributed by atoms with Gasteiger partial charge in [0.05, 0.1) is 11.7 Å². The van der Waals surface area contributed by atoms with Crippen LogP contribution < -0.4 is 10.2 Å². The number of hydrogen-bond acceptors (Lipinski definition) is 4. The van der Waals surface area contributed by atoms with E-state index in [9.17, 15) is 13.6 Å². The average molecular weight is 375 g/mol. The minimum Gasteiger partial charge on any atom is -0.366 e. The van der Waals surface area contributed by atoms with Gasteiger partial charge in [-0.1, -0.05) is 0 Å². The van der Waals surface area contributed by atoms with Gasteiger partial charge in [-0.05, 0) is 37.6 Å². The van der Waals surface area contributed by atoms with E-state index in [2.05, 4.69) is 10.4 Å². The van der Waals surface area contributed by atoms with Crippen LogP contribution in [0, 0.1) is 11.6 Å². The molecule has 27 heavy (non-hydrogen) atoms. The van der Waals surface area contributed by atoms with Crippen molar-refractivity contribution in [1.82, 2.24) is 20.0 Å². The van der Waals surface area contributed by atoms with Crippen LogP contribution in [0.25, 0.3) is 0 Å². The highest BCUT2D eigenvalue weighted by Gasteiger charge is 2.26. The number of benzene rings is 1. The molecule has 4 rings (SSSR count). The van der Waals surface area contributed by atoms with Gasteiger partial charge >= 0.3 is 0 Å². The molecule has 2 fully saturated rings. The van der Waals surface area contributed by atoms with Crippen molar-refractivity contribution in [3.05, 3.63) is 47.8 Å². The zero-order chi connectivity index (χ0) is 18.8. The first-order valence-electron chi connectivity index (χ1n) is 9.37. The number of piperazine rings is 1. The normalized spacial score (nSPS) is 20.7. The fourth-order valence-electron chi connectivity index (χ4n) is 3.76. The van der Waals surface area contributed by atoms with Gasteiger partial charge < -0.3 is 15.1 Å². The molecule has 2 aliphatic heterocycles. The zero-order valence-electron chi connectivity index (χ0n) is 15.1. The minimum atomic E-state index is -0.465. The lowest BCUT2D eigenvalue weighted by atomic mass is 10.1. The number of carbonyl (C=O) groups is 1. The topological polar surface area (TPSA) is 53.4 Å². The second-order valence-corrected chi connectivity index (χ2v) is 7.06. The molecule has 6 nitrogen and oxygen atoms in total. The third-order valence-electron chi connectivity index (χ3n) is 5.29. The molecular weight excluding hydrogens is 352 g/mol. The lowest BCUT2D eigenvalue weighted by Crippen LogP contribution is -2.49. The van der Waals surface area contributed by atoms with E-state index in [-0.39, 0.29) is 17.6 Å². The van der Waals surface area contributed by atoms with Crippen LogP contribution in [0.5, 0.6) is 0 Å². The summed E-state index contributed by atoms with van der Waals surface area (Å²) in [6.45, 7) is 3.71. The van der Waals surface area contributed by atoms with Gasteiger partial charge in [0.1, 0.15) is 17.3 Å². The maximum atomic E-state index is 13.9. The van der Waals surface area contributed by atoms with Crippen LogP contribution in [-0.4, -0.2) is 59.9 Å². The first-order chi connectivity index (χ1) is 13.1. The van der Waals surface area contributed by atoms with Crippen molar-refractivity contribution in [2.24, 2.45) is 0 Å². The molecular formula is C19H23F2N5O. The molecule has 2 aromatic rings. The SMILES string of the molecule is O=C(c1ccn(C2CCCNC2)n1)N1CCN(c2cc(F)ccc2F)CC1. The monoisotopic (exact) mass is 375 g/mol. The van der Waals surface area contributed by atoms with Crippen molar-refractivity contribution in [2.75, 3.05) is 44.2 Å². The number of piperidine rings is 1. The molecule has 0 spiro atoms. The van der Waals surface area contributed by atoms with Gasteiger partial charge in [0.25, 0.3) is 5.91 Å². The zero-order valence-corrected chi connectivity index (χ0v) is 15.1. The van der Waals surface area contributed by atoms with E-state index in [1.54, 1.807) is 15.9 Å². The van der Waals surface area contributed by atoms with Gasteiger partial charge in [0.15, 0.2) is 0 Å². The summed E-state index contributed by atoms with van der Waals surface area (Å²) in [5, 5.41) is 7.82. The van der Waals surface area contributed by atoms with E-state index in [0.717, 1.165) is 38.1 Å². The lowest BCUT2D eigenvalue weighted by molar-refractivity contribution is 0.0739. The summed E-state index contributed by atoms with van der Waals surface area (Å²) in [6.07, 6.45) is 4.02. The Labute approximate surface area is 156 Å². The quantitative estimate of drug-likeness (QED) is 0.892. The summed E-state index contributed by atoms with van der Waals surface area (Å²) in [7, 11) is 0. The number of aromatic nitrogens is 2. The molecule has 1 amide bonds. The molecule has 2 saturated heterocycles. The Kier molecular flexibility index (Phi) is 5.07. The maximum absolute atomic E-state index is 13.9. The van der Waals surface area contributed by atoms with Crippen molar-refractivity contribution >= 4 is 11.6 Å². The molecule has 1 unspecified atom stereocenters. The smallest absolute Gasteiger partial charge is 0.274 e. The number of rotatable bonds is 3. The van der Waals surface area contributed by atoms with Crippen molar-refractivity contribution < 1.29 is 13.6 Å². The molecule has 8 heteroatoms. The number of hydrogen-bond donors (Lipinski definition) is 1. The van der Waals surface area contributed by atoms with Crippen molar-refractivity contribution in [2.45, 2.75) is 18.9 Å². The average Bonchev–Trinajstić information content (AvgIpc) is 3.20. The van der Waals surface area contributed by atoms with Crippen LogP contribution in [0.4, 0.5) is 14.5 Å². The number of nitrogens with zero attached hydrogens (tertiary/aromatic N) is 4. The fourth-order valence-corrected chi connectivity index (χ4v) is 3.76. The highest BCUT2D eigenvalue weighted by Crippen LogP contribution is 2.22. The summed E-state index contributed by atoms with van der Waals surface area (Å²) in [5.41, 5.74) is 0.683. The Hall–Kier alpha value is -2.48. The molecule has 3 heterocycles. The molecule has 144 valence electrons. The van der Waals surface area contributed by atoms with E-state index in [4.69, 9.17) is 0 Å². The summed E-state index contributed by atoms with van der Waals surface area (Å²) < 4.78 is 29.2. The molecule has 0 radical (unpaired) electrons. The standard InChI is InChI=1S/C19H23F2N5O/c20-14-3-4-16(21)18(12-14)24-8-10-25(11-9-24)19(27)17-5-7-26(23-17)15-2-1-6-22-13-15/h3-5,7,12,15,22H,1-2,6,8-11,13H2. The Morgan fingerprint density at radius 3 is 2.70 bits per heavy atom. The first kappa shape index (κ1) is 17.9. The van der Waals surface area contributed by atoms with Gasteiger partial charge in [-0.2, -0.15) is 5.10 Å². The van der Waals surface area contributed by atoms with Gasteiger partial charge in [0, 0.05) is 45.0 Å². The minimum absolute atomic E-state index is 0.114. The van der Waals surface area contributed by atoms with Crippen molar-refractivity contribution in [1.29, 1.82) is 0 Å². The van der Waals surface area contributed by atoms with Gasteiger partial charge in [-0.3, -0.25) is 9.48 Å². The van der Waals surface area contributed by atoms with Crippen molar-refractivity contribution in [3.8, 4) is 0 Å². The van der Waals surface area contributed by atoms with Crippen LogP contribution in [0.2, 0.25) is 0 Å². The molecule has 2 aliphatic rings. The molecule has 1 aromatic heterocycles. The fraction of sp³-hybridized carbons (Fsp3) is 0.474. The molecule has 0 saturated carbocycles. The van der Waals surface area contributed by atoms with E-state index in [0.29, 0.717) is 31.9 Å². The second kappa shape index (κ2) is 7.64.